The topological polar surface area (TPSA) is 44.3 Å². The van der Waals surface area contributed by atoms with Gasteiger partial charge in [0.1, 0.15) is 0 Å². The molecule has 1 aliphatic carbocycles. The normalized spacial score (nSPS) is 23.1. The zero-order chi connectivity index (χ0) is 18.3. The first-order valence-electron chi connectivity index (χ1n) is 10.4. The predicted molar refractivity (Wildman–Crippen MR) is 118 cm³/mol. The molecular formula is C22H32ClN5. The lowest BCUT2D eigenvalue weighted by Crippen LogP contribution is -2.47. The third-order valence-corrected chi connectivity index (χ3v) is 6.09. The number of anilines is 2. The van der Waals surface area contributed by atoms with Crippen LogP contribution in [0.5, 0.6) is 0 Å². The van der Waals surface area contributed by atoms with Crippen molar-refractivity contribution >= 4 is 24.0 Å². The van der Waals surface area contributed by atoms with Crippen LogP contribution in [0, 0.1) is 5.92 Å². The summed E-state index contributed by atoms with van der Waals surface area (Å²) in [4.78, 5) is 13.7. The predicted octanol–water partition coefficient (Wildman–Crippen LogP) is 4.08. The Kier molecular flexibility index (Phi) is 7.92. The molecule has 0 amide bonds. The van der Waals surface area contributed by atoms with E-state index in [-0.39, 0.29) is 12.4 Å². The number of hydrogen-bond donors (Lipinski definition) is 1. The van der Waals surface area contributed by atoms with Crippen LogP contribution in [0.2, 0.25) is 0 Å². The van der Waals surface area contributed by atoms with Gasteiger partial charge in [0.2, 0.25) is 5.95 Å². The molecular weight excluding hydrogens is 370 g/mol. The number of hydrogen-bond acceptors (Lipinski definition) is 5. The second-order valence-electron chi connectivity index (χ2n) is 7.89. The number of benzene rings is 1. The van der Waals surface area contributed by atoms with E-state index in [1.54, 1.807) is 12.4 Å². The molecule has 1 saturated heterocycles. The Morgan fingerprint density at radius 2 is 1.54 bits per heavy atom. The highest BCUT2D eigenvalue weighted by atomic mass is 35.5. The van der Waals surface area contributed by atoms with Gasteiger partial charge in [-0.3, -0.25) is 4.90 Å². The molecule has 28 heavy (non-hydrogen) atoms. The first kappa shape index (κ1) is 20.9. The molecule has 2 fully saturated rings. The number of rotatable bonds is 6. The average Bonchev–Trinajstić information content (AvgIpc) is 2.75. The van der Waals surface area contributed by atoms with Crippen molar-refractivity contribution in [1.29, 1.82) is 0 Å². The quantitative estimate of drug-likeness (QED) is 0.790. The Balaban J connectivity index is 0.00000225. The van der Waals surface area contributed by atoms with Gasteiger partial charge in [-0.15, -0.1) is 12.4 Å². The highest BCUT2D eigenvalue weighted by Gasteiger charge is 2.23. The van der Waals surface area contributed by atoms with Crippen LogP contribution in [0.25, 0.3) is 0 Å². The molecule has 0 unspecified atom stereocenters. The summed E-state index contributed by atoms with van der Waals surface area (Å²) in [5.41, 5.74) is 1.37. The smallest absolute Gasteiger partial charge is 0.222 e. The Hall–Kier alpha value is -1.85. The minimum Gasteiger partial charge on any atom is -0.369 e. The third-order valence-electron chi connectivity index (χ3n) is 6.09. The molecule has 0 radical (unpaired) electrons. The number of piperazine rings is 1. The van der Waals surface area contributed by atoms with E-state index >= 15 is 0 Å². The summed E-state index contributed by atoms with van der Waals surface area (Å²) in [6, 6.07) is 13.2. The molecule has 2 heterocycles. The molecule has 2 aliphatic rings. The minimum absolute atomic E-state index is 0. The van der Waals surface area contributed by atoms with Crippen molar-refractivity contribution in [2.45, 2.75) is 38.1 Å². The Morgan fingerprint density at radius 1 is 0.857 bits per heavy atom. The van der Waals surface area contributed by atoms with Crippen molar-refractivity contribution in [3.8, 4) is 0 Å². The van der Waals surface area contributed by atoms with Crippen LogP contribution in [0.1, 0.15) is 32.1 Å². The lowest BCUT2D eigenvalue weighted by Gasteiger charge is -2.37. The number of nitrogens with zero attached hydrogens (tertiary/aromatic N) is 4. The number of halogens is 1. The largest absolute Gasteiger partial charge is 0.369 e. The molecule has 6 heteroatoms. The van der Waals surface area contributed by atoms with Crippen LogP contribution in [-0.2, 0) is 0 Å². The highest BCUT2D eigenvalue weighted by molar-refractivity contribution is 5.85. The molecule has 1 saturated carbocycles. The van der Waals surface area contributed by atoms with Gasteiger partial charge in [0, 0.05) is 50.3 Å². The van der Waals surface area contributed by atoms with Crippen LogP contribution in [0.4, 0.5) is 11.6 Å². The van der Waals surface area contributed by atoms with E-state index in [4.69, 9.17) is 0 Å². The first-order chi connectivity index (χ1) is 13.4. The van der Waals surface area contributed by atoms with Crippen molar-refractivity contribution in [2.24, 2.45) is 5.92 Å². The summed E-state index contributed by atoms with van der Waals surface area (Å²) in [7, 11) is 0. The second-order valence-corrected chi connectivity index (χ2v) is 7.89. The van der Waals surface area contributed by atoms with Gasteiger partial charge in [0.15, 0.2) is 0 Å². The Morgan fingerprint density at radius 3 is 2.21 bits per heavy atom. The molecule has 1 aliphatic heterocycles. The van der Waals surface area contributed by atoms with Gasteiger partial charge in [-0.2, -0.15) is 0 Å². The van der Waals surface area contributed by atoms with Crippen LogP contribution in [-0.4, -0.2) is 53.6 Å². The summed E-state index contributed by atoms with van der Waals surface area (Å²) in [5.74, 6) is 1.66. The molecule has 1 aromatic carbocycles. The number of nitrogens with one attached hydrogen (secondary N) is 1. The molecule has 1 N–H and O–H groups in total. The van der Waals surface area contributed by atoms with Crippen LogP contribution in [0.3, 0.4) is 0 Å². The van der Waals surface area contributed by atoms with Gasteiger partial charge in [0.05, 0.1) is 0 Å². The zero-order valence-electron chi connectivity index (χ0n) is 16.5. The maximum absolute atomic E-state index is 4.28. The SMILES string of the molecule is Cl.c1ccc(N2CCN(CCC3CCC(Nc4ncccn4)CC3)CC2)cc1. The Bertz CT molecular complexity index is 668. The fraction of sp³-hybridized carbons (Fsp3) is 0.545. The van der Waals surface area contributed by atoms with Crippen molar-refractivity contribution in [1.82, 2.24) is 14.9 Å². The summed E-state index contributed by atoms with van der Waals surface area (Å²) in [6.45, 7) is 5.94. The minimum atomic E-state index is 0. The molecule has 4 rings (SSSR count). The lowest BCUT2D eigenvalue weighted by molar-refractivity contribution is 0.218. The fourth-order valence-electron chi connectivity index (χ4n) is 4.39. The summed E-state index contributed by atoms with van der Waals surface area (Å²) >= 11 is 0. The molecule has 2 aromatic rings. The van der Waals surface area contributed by atoms with E-state index in [1.807, 2.05) is 6.07 Å². The van der Waals surface area contributed by atoms with E-state index in [0.717, 1.165) is 25.0 Å². The Labute approximate surface area is 175 Å². The molecule has 0 bridgehead atoms. The van der Waals surface area contributed by atoms with Gasteiger partial charge in [-0.1, -0.05) is 18.2 Å². The van der Waals surface area contributed by atoms with Crippen molar-refractivity contribution < 1.29 is 0 Å². The lowest BCUT2D eigenvalue weighted by atomic mass is 9.84. The van der Waals surface area contributed by atoms with Crippen molar-refractivity contribution in [3.63, 3.8) is 0 Å². The summed E-state index contributed by atoms with van der Waals surface area (Å²) in [5, 5.41) is 3.49. The van der Waals surface area contributed by atoms with E-state index in [1.165, 1.54) is 57.4 Å². The number of aromatic nitrogens is 2. The van der Waals surface area contributed by atoms with Crippen LogP contribution < -0.4 is 10.2 Å². The standard InChI is InChI=1S/C22H31N5.ClH/c1-2-5-21(6-3-1)27-17-15-26(16-18-27)14-11-19-7-9-20(10-8-19)25-22-23-12-4-13-24-22;/h1-6,12-13,19-20H,7-11,14-18H2,(H,23,24,25);1H. The van der Waals surface area contributed by atoms with E-state index < -0.39 is 0 Å². The van der Waals surface area contributed by atoms with Crippen molar-refractivity contribution in [2.75, 3.05) is 42.9 Å². The maximum atomic E-state index is 4.28. The summed E-state index contributed by atoms with van der Waals surface area (Å²) in [6.07, 6.45) is 10.1. The van der Waals surface area contributed by atoms with E-state index in [2.05, 4.69) is 55.4 Å². The summed E-state index contributed by atoms with van der Waals surface area (Å²) < 4.78 is 0. The molecule has 0 atom stereocenters. The zero-order valence-corrected chi connectivity index (χ0v) is 17.4. The van der Waals surface area contributed by atoms with Crippen LogP contribution >= 0.6 is 12.4 Å². The van der Waals surface area contributed by atoms with E-state index in [0.29, 0.717) is 6.04 Å². The second kappa shape index (κ2) is 10.6. The van der Waals surface area contributed by atoms with E-state index in [9.17, 15) is 0 Å². The molecule has 5 nitrogen and oxygen atoms in total. The van der Waals surface area contributed by atoms with Crippen LogP contribution in [0.15, 0.2) is 48.8 Å². The molecule has 1 aromatic heterocycles. The fourth-order valence-corrected chi connectivity index (χ4v) is 4.39. The van der Waals surface area contributed by atoms with Gasteiger partial charge in [0.25, 0.3) is 0 Å². The average molecular weight is 402 g/mol. The van der Waals surface area contributed by atoms with Crippen molar-refractivity contribution in [3.05, 3.63) is 48.8 Å². The monoisotopic (exact) mass is 401 g/mol. The van der Waals surface area contributed by atoms with Gasteiger partial charge >= 0.3 is 0 Å². The maximum Gasteiger partial charge on any atom is 0.222 e. The third kappa shape index (κ3) is 5.82. The number of para-hydroxylation sites is 1. The van der Waals surface area contributed by atoms with Gasteiger partial charge in [-0.25, -0.2) is 9.97 Å². The van der Waals surface area contributed by atoms with Gasteiger partial charge in [-0.05, 0) is 62.8 Å². The van der Waals surface area contributed by atoms with Gasteiger partial charge < -0.3 is 10.2 Å². The first-order valence-corrected chi connectivity index (χ1v) is 10.4. The molecule has 0 spiro atoms. The highest BCUT2D eigenvalue weighted by Crippen LogP contribution is 2.28. The molecule has 152 valence electrons.